The number of allylic oxidation sites excluding steroid dienone is 5. The minimum atomic E-state index is -4.59. The number of carbonyl (C=O) groups excluding carboxylic acids is 1. The molecule has 2 N–H and O–H groups in total. The van der Waals surface area contributed by atoms with Gasteiger partial charge in [-0.15, -0.1) is 0 Å². The van der Waals surface area contributed by atoms with Gasteiger partial charge in [0.1, 0.15) is 13.2 Å². The van der Waals surface area contributed by atoms with Crippen LogP contribution in [-0.4, -0.2) is 68.5 Å². The smallest absolute Gasteiger partial charge is 0.268 e. The van der Waals surface area contributed by atoms with Gasteiger partial charge in [-0.1, -0.05) is 192 Å². The number of nitrogens with one attached hydrogen (secondary N) is 1. The van der Waals surface area contributed by atoms with Crippen LogP contribution < -0.4 is 10.2 Å². The van der Waals surface area contributed by atoms with Gasteiger partial charge in [-0.3, -0.25) is 9.36 Å². The van der Waals surface area contributed by atoms with Crippen molar-refractivity contribution in [1.29, 1.82) is 0 Å². The summed E-state index contributed by atoms with van der Waals surface area (Å²) >= 11 is 0. The van der Waals surface area contributed by atoms with Crippen LogP contribution in [0, 0.1) is 0 Å². The van der Waals surface area contributed by atoms with Crippen molar-refractivity contribution in [2.24, 2.45) is 0 Å². The number of phosphoric ester groups is 1. The minimum absolute atomic E-state index is 0.00603. The van der Waals surface area contributed by atoms with E-state index in [1.165, 1.54) is 161 Å². The topological polar surface area (TPSA) is 108 Å². The van der Waals surface area contributed by atoms with Gasteiger partial charge in [0.15, 0.2) is 0 Å². The van der Waals surface area contributed by atoms with Gasteiger partial charge in [0, 0.05) is 6.42 Å². The third-order valence-electron chi connectivity index (χ3n) is 10.8. The molecule has 3 unspecified atom stereocenters. The SMILES string of the molecule is CCCCCCC/C=C/CC/C=C/C(O)C(COP(=O)([O-])OCC[N+](C)(C)C)NC(=O)CCCCCCCCCCCCCCC/C=C\CCCCCCCCCC. The number of hydrogen-bond donors (Lipinski definition) is 2. The Morgan fingerprint density at radius 3 is 1.40 bits per heavy atom. The van der Waals surface area contributed by atoms with E-state index in [1.807, 2.05) is 27.2 Å². The zero-order chi connectivity index (χ0) is 42.8. The molecule has 0 spiro atoms. The fraction of sp³-hybridized carbons (Fsp3) is 0.857. The summed E-state index contributed by atoms with van der Waals surface area (Å²) in [6.07, 6.45) is 50.7. The average molecular weight is 839 g/mol. The van der Waals surface area contributed by atoms with E-state index in [1.54, 1.807) is 6.08 Å². The number of nitrogens with zero attached hydrogens (tertiary/aromatic N) is 1. The molecular formula is C49H95N2O6P. The highest BCUT2D eigenvalue weighted by molar-refractivity contribution is 7.45. The van der Waals surface area contributed by atoms with Gasteiger partial charge in [-0.2, -0.15) is 0 Å². The summed E-state index contributed by atoms with van der Waals surface area (Å²) in [5.74, 6) is -0.208. The van der Waals surface area contributed by atoms with Gasteiger partial charge in [0.2, 0.25) is 5.91 Å². The van der Waals surface area contributed by atoms with E-state index in [-0.39, 0.29) is 12.5 Å². The Morgan fingerprint density at radius 1 is 0.586 bits per heavy atom. The van der Waals surface area contributed by atoms with Crippen LogP contribution in [0.5, 0.6) is 0 Å². The average Bonchev–Trinajstić information content (AvgIpc) is 3.17. The Morgan fingerprint density at radius 2 is 0.966 bits per heavy atom. The first-order valence-electron chi connectivity index (χ1n) is 24.4. The van der Waals surface area contributed by atoms with E-state index in [0.717, 1.165) is 38.5 Å². The number of aliphatic hydroxyl groups is 1. The molecule has 0 saturated carbocycles. The molecule has 0 saturated heterocycles. The molecule has 0 fully saturated rings. The van der Waals surface area contributed by atoms with Crippen LogP contribution in [0.3, 0.4) is 0 Å². The van der Waals surface area contributed by atoms with Crippen LogP contribution in [0.25, 0.3) is 0 Å². The van der Waals surface area contributed by atoms with E-state index in [2.05, 4.69) is 43.5 Å². The highest BCUT2D eigenvalue weighted by Gasteiger charge is 2.23. The lowest BCUT2D eigenvalue weighted by Gasteiger charge is -2.29. The van der Waals surface area contributed by atoms with Gasteiger partial charge in [-0.25, -0.2) is 0 Å². The van der Waals surface area contributed by atoms with Crippen molar-refractivity contribution in [1.82, 2.24) is 5.32 Å². The second-order valence-electron chi connectivity index (χ2n) is 17.8. The molecule has 342 valence electrons. The summed E-state index contributed by atoms with van der Waals surface area (Å²) in [6.45, 7) is 4.60. The molecule has 3 atom stereocenters. The van der Waals surface area contributed by atoms with Crippen LogP contribution in [0.2, 0.25) is 0 Å². The lowest BCUT2D eigenvalue weighted by molar-refractivity contribution is -0.870. The van der Waals surface area contributed by atoms with Crippen molar-refractivity contribution in [2.45, 2.75) is 231 Å². The summed E-state index contributed by atoms with van der Waals surface area (Å²) < 4.78 is 23.2. The number of hydrogen-bond acceptors (Lipinski definition) is 6. The van der Waals surface area contributed by atoms with Gasteiger partial charge < -0.3 is 28.8 Å². The van der Waals surface area contributed by atoms with Crippen molar-refractivity contribution in [3.8, 4) is 0 Å². The Hall–Kier alpha value is -1.28. The van der Waals surface area contributed by atoms with Crippen LogP contribution in [0.15, 0.2) is 36.5 Å². The normalized spacial score (nSPS) is 14.5. The summed E-state index contributed by atoms with van der Waals surface area (Å²) in [5, 5.41) is 13.7. The van der Waals surface area contributed by atoms with Crippen molar-refractivity contribution >= 4 is 13.7 Å². The highest BCUT2D eigenvalue weighted by atomic mass is 31.2. The van der Waals surface area contributed by atoms with Gasteiger partial charge >= 0.3 is 0 Å². The van der Waals surface area contributed by atoms with Crippen LogP contribution >= 0.6 is 7.82 Å². The van der Waals surface area contributed by atoms with Crippen molar-refractivity contribution < 1.29 is 32.9 Å². The number of quaternary nitrogens is 1. The predicted molar refractivity (Wildman–Crippen MR) is 247 cm³/mol. The van der Waals surface area contributed by atoms with Gasteiger partial charge in [0.25, 0.3) is 7.82 Å². The van der Waals surface area contributed by atoms with Crippen molar-refractivity contribution in [2.75, 3.05) is 40.9 Å². The maximum atomic E-state index is 12.9. The van der Waals surface area contributed by atoms with E-state index < -0.39 is 26.6 Å². The quantitative estimate of drug-likeness (QED) is 0.0274. The maximum Gasteiger partial charge on any atom is 0.268 e. The molecule has 0 heterocycles. The third kappa shape index (κ3) is 42.8. The summed E-state index contributed by atoms with van der Waals surface area (Å²) in [5.41, 5.74) is 0. The first-order valence-corrected chi connectivity index (χ1v) is 25.8. The standard InChI is InChI=1S/C49H95N2O6P/c1-6-8-10-12-14-16-18-19-20-21-22-23-24-25-26-27-28-29-30-31-33-35-37-39-41-43-49(53)50-47(46-57-58(54,55)56-45-44-51(3,4)5)48(52)42-40-38-36-34-32-17-15-13-11-9-7-2/h21-22,32,34,40,42,47-48,52H,6-20,23-31,33,35-39,41,43-46H2,1-5H3,(H-,50,53,54,55)/b22-21-,34-32+,42-40+. The Labute approximate surface area is 359 Å². The Kier molecular flexibility index (Phi) is 40.2. The predicted octanol–water partition coefficient (Wildman–Crippen LogP) is 13.2. The zero-order valence-corrected chi connectivity index (χ0v) is 39.6. The van der Waals surface area contributed by atoms with Gasteiger partial charge in [-0.05, 0) is 57.8 Å². The number of rotatable bonds is 44. The zero-order valence-electron chi connectivity index (χ0n) is 38.8. The number of unbranched alkanes of at least 4 members (excludes halogenated alkanes) is 27. The van der Waals surface area contributed by atoms with Crippen LogP contribution in [-0.2, 0) is 18.4 Å². The minimum Gasteiger partial charge on any atom is -0.756 e. The summed E-state index contributed by atoms with van der Waals surface area (Å²) in [4.78, 5) is 25.3. The molecule has 0 rings (SSSR count). The second-order valence-corrected chi connectivity index (χ2v) is 19.2. The maximum absolute atomic E-state index is 12.9. The molecular weight excluding hydrogens is 744 g/mol. The first kappa shape index (κ1) is 56.7. The molecule has 8 nitrogen and oxygen atoms in total. The highest BCUT2D eigenvalue weighted by Crippen LogP contribution is 2.38. The van der Waals surface area contributed by atoms with Crippen molar-refractivity contribution in [3.05, 3.63) is 36.5 Å². The van der Waals surface area contributed by atoms with E-state index in [9.17, 15) is 19.4 Å². The van der Waals surface area contributed by atoms with Crippen LogP contribution in [0.1, 0.15) is 219 Å². The van der Waals surface area contributed by atoms with Crippen molar-refractivity contribution in [3.63, 3.8) is 0 Å². The molecule has 1 amide bonds. The lowest BCUT2D eigenvalue weighted by Crippen LogP contribution is -2.45. The van der Waals surface area contributed by atoms with Crippen LogP contribution in [0.4, 0.5) is 0 Å². The first-order chi connectivity index (χ1) is 28.0. The fourth-order valence-electron chi connectivity index (χ4n) is 6.93. The molecule has 58 heavy (non-hydrogen) atoms. The molecule has 0 aromatic heterocycles. The number of aliphatic hydroxyl groups excluding tert-OH is 1. The molecule has 0 radical (unpaired) electrons. The van der Waals surface area contributed by atoms with E-state index in [0.29, 0.717) is 17.4 Å². The molecule has 0 aliphatic carbocycles. The number of amides is 1. The number of likely N-dealkylation sites (N-methyl/N-ethyl adjacent to an activating group) is 1. The lowest BCUT2D eigenvalue weighted by atomic mass is 10.0. The number of phosphoric acid groups is 1. The largest absolute Gasteiger partial charge is 0.756 e. The van der Waals surface area contributed by atoms with E-state index >= 15 is 0 Å². The molecule has 0 aliphatic heterocycles. The third-order valence-corrected chi connectivity index (χ3v) is 11.8. The molecule has 9 heteroatoms. The van der Waals surface area contributed by atoms with Gasteiger partial charge in [0.05, 0.1) is 39.9 Å². The summed E-state index contributed by atoms with van der Waals surface area (Å²) in [6, 6.07) is -0.900. The van der Waals surface area contributed by atoms with E-state index in [4.69, 9.17) is 9.05 Å². The molecule has 0 aliphatic rings. The summed E-state index contributed by atoms with van der Waals surface area (Å²) in [7, 11) is 1.24. The monoisotopic (exact) mass is 839 g/mol. The fourth-order valence-corrected chi connectivity index (χ4v) is 7.65. The molecule has 0 aromatic rings. The second kappa shape index (κ2) is 41.1. The Balaban J connectivity index is 4.19. The molecule has 0 aromatic carbocycles. The molecule has 0 bridgehead atoms. The Bertz CT molecular complexity index is 1040. The number of carbonyl (C=O) groups is 1.